The zero-order valence-corrected chi connectivity index (χ0v) is 16.1. The number of anilines is 1. The average molecular weight is 383 g/mol. The second-order valence-electron chi connectivity index (χ2n) is 5.63. The maximum absolute atomic E-state index is 12.8. The first-order chi connectivity index (χ1) is 11.8. The van der Waals surface area contributed by atoms with Crippen molar-refractivity contribution in [1.29, 1.82) is 0 Å². The molecule has 25 heavy (non-hydrogen) atoms. The van der Waals surface area contributed by atoms with E-state index in [1.54, 1.807) is 25.1 Å². The van der Waals surface area contributed by atoms with Gasteiger partial charge in [-0.3, -0.25) is 4.79 Å². The first-order valence-electron chi connectivity index (χ1n) is 7.80. The highest BCUT2D eigenvalue weighted by molar-refractivity contribution is 7.89. The Morgan fingerprint density at radius 2 is 1.84 bits per heavy atom. The second kappa shape index (κ2) is 8.07. The highest BCUT2D eigenvalue weighted by atomic mass is 32.2. The number of fused-ring (bicyclic) bond motifs is 1. The Morgan fingerprint density at radius 3 is 2.44 bits per heavy atom. The monoisotopic (exact) mass is 382 g/mol. The number of benzene rings is 2. The third kappa shape index (κ3) is 4.26. The van der Waals surface area contributed by atoms with E-state index in [-0.39, 0.29) is 17.3 Å². The van der Waals surface area contributed by atoms with Crippen LogP contribution < -0.4 is 9.62 Å². The van der Waals surface area contributed by atoms with Gasteiger partial charge in [0.2, 0.25) is 10.0 Å². The molecule has 0 unspecified atom stereocenters. The number of thiol groups is 1. The fraction of sp³-hybridized carbons (Fsp3) is 0.353. The van der Waals surface area contributed by atoms with Crippen LogP contribution in [0.3, 0.4) is 0 Å². The van der Waals surface area contributed by atoms with Crippen molar-refractivity contribution in [2.45, 2.75) is 17.9 Å². The number of carbonyl (C=O) groups is 1. The van der Waals surface area contributed by atoms with Crippen LogP contribution >= 0.6 is 12.6 Å². The zero-order chi connectivity index (χ0) is 18.6. The Hall–Kier alpha value is -1.77. The molecule has 0 amide bonds. The molecule has 0 heterocycles. The van der Waals surface area contributed by atoms with Crippen LogP contribution in [0.15, 0.2) is 41.3 Å². The molecule has 8 heteroatoms. The summed E-state index contributed by atoms with van der Waals surface area (Å²) in [6.45, 7) is 1.83. The molecular formula is C17H22N2O4S2. The van der Waals surface area contributed by atoms with E-state index >= 15 is 0 Å². The Kier molecular flexibility index (Phi) is 6.31. The highest BCUT2D eigenvalue weighted by Gasteiger charge is 2.27. The quantitative estimate of drug-likeness (QED) is 0.566. The first kappa shape index (κ1) is 19.6. The fourth-order valence-electron chi connectivity index (χ4n) is 2.54. The minimum absolute atomic E-state index is 0.00573. The lowest BCUT2D eigenvalue weighted by Crippen LogP contribution is -2.43. The molecule has 0 radical (unpaired) electrons. The Labute approximate surface area is 153 Å². The summed E-state index contributed by atoms with van der Waals surface area (Å²) in [6.07, 6.45) is 0. The SMILES string of the molecule is CCOC(=O)[C@H](CS)NS(=O)(=O)c1cccc2c(N(C)C)cccc12. The average Bonchev–Trinajstić information content (AvgIpc) is 2.58. The van der Waals surface area contributed by atoms with Gasteiger partial charge >= 0.3 is 5.97 Å². The molecule has 2 rings (SSSR count). The van der Waals surface area contributed by atoms with Gasteiger partial charge in [0.1, 0.15) is 6.04 Å². The molecule has 136 valence electrons. The van der Waals surface area contributed by atoms with Crippen molar-refractivity contribution in [3.8, 4) is 0 Å². The van der Waals surface area contributed by atoms with E-state index in [1.165, 1.54) is 6.07 Å². The van der Waals surface area contributed by atoms with Gasteiger partial charge in [0.25, 0.3) is 0 Å². The molecule has 0 bridgehead atoms. The smallest absolute Gasteiger partial charge is 0.325 e. The van der Waals surface area contributed by atoms with Crippen LogP contribution in [-0.2, 0) is 19.6 Å². The summed E-state index contributed by atoms with van der Waals surface area (Å²) in [6, 6.07) is 9.50. The number of sulfonamides is 1. The lowest BCUT2D eigenvalue weighted by atomic mass is 10.1. The van der Waals surface area contributed by atoms with E-state index in [1.807, 2.05) is 31.1 Å². The number of ether oxygens (including phenoxy) is 1. The molecule has 0 fully saturated rings. The molecular weight excluding hydrogens is 360 g/mol. The van der Waals surface area contributed by atoms with Crippen LogP contribution in [-0.4, -0.2) is 46.9 Å². The Bertz CT molecular complexity index is 866. The van der Waals surface area contributed by atoms with Crippen molar-refractivity contribution in [2.75, 3.05) is 31.4 Å². The third-order valence-electron chi connectivity index (χ3n) is 3.68. The predicted molar refractivity (Wildman–Crippen MR) is 103 cm³/mol. The molecule has 0 aliphatic rings. The maximum atomic E-state index is 12.8. The number of hydrogen-bond donors (Lipinski definition) is 2. The third-order valence-corrected chi connectivity index (χ3v) is 5.58. The molecule has 0 spiro atoms. The van der Waals surface area contributed by atoms with Crippen LogP contribution in [0, 0.1) is 0 Å². The standard InChI is InChI=1S/C17H22N2O4S2/c1-4-23-17(20)14(11-24)18-25(21,22)16-10-6-7-12-13(16)8-5-9-15(12)19(2)3/h5-10,14,18,24H,4,11H2,1-3H3/t14-/m0/s1. The molecule has 2 aromatic rings. The fourth-order valence-corrected chi connectivity index (χ4v) is 4.31. The van der Waals surface area contributed by atoms with E-state index in [0.717, 1.165) is 11.1 Å². The van der Waals surface area contributed by atoms with Gasteiger partial charge in [-0.15, -0.1) is 0 Å². The minimum Gasteiger partial charge on any atom is -0.465 e. The first-order valence-corrected chi connectivity index (χ1v) is 9.92. The van der Waals surface area contributed by atoms with Gasteiger partial charge in [0, 0.05) is 36.3 Å². The van der Waals surface area contributed by atoms with E-state index in [0.29, 0.717) is 5.39 Å². The van der Waals surface area contributed by atoms with Gasteiger partial charge in [-0.1, -0.05) is 24.3 Å². The van der Waals surface area contributed by atoms with Crippen molar-refractivity contribution in [3.63, 3.8) is 0 Å². The van der Waals surface area contributed by atoms with E-state index in [4.69, 9.17) is 4.74 Å². The van der Waals surface area contributed by atoms with Gasteiger partial charge < -0.3 is 9.64 Å². The summed E-state index contributed by atoms with van der Waals surface area (Å²) in [5.41, 5.74) is 0.908. The number of carbonyl (C=O) groups excluding carboxylic acids is 1. The number of esters is 1. The van der Waals surface area contributed by atoms with Crippen LogP contribution in [0.4, 0.5) is 5.69 Å². The van der Waals surface area contributed by atoms with Gasteiger partial charge in [-0.05, 0) is 19.1 Å². The highest BCUT2D eigenvalue weighted by Crippen LogP contribution is 2.30. The Morgan fingerprint density at radius 1 is 1.20 bits per heavy atom. The van der Waals surface area contributed by atoms with Crippen LogP contribution in [0.5, 0.6) is 0 Å². The molecule has 0 saturated heterocycles. The minimum atomic E-state index is -3.92. The van der Waals surface area contributed by atoms with Crippen LogP contribution in [0.2, 0.25) is 0 Å². The summed E-state index contributed by atoms with van der Waals surface area (Å²) in [4.78, 5) is 13.9. The summed E-state index contributed by atoms with van der Waals surface area (Å²) in [5.74, 6) is -0.638. The molecule has 0 aromatic heterocycles. The van der Waals surface area contributed by atoms with E-state index in [9.17, 15) is 13.2 Å². The van der Waals surface area contributed by atoms with Crippen molar-refractivity contribution < 1.29 is 17.9 Å². The molecule has 1 N–H and O–H groups in total. The maximum Gasteiger partial charge on any atom is 0.325 e. The number of hydrogen-bond acceptors (Lipinski definition) is 6. The molecule has 0 saturated carbocycles. The number of nitrogens with one attached hydrogen (secondary N) is 1. The predicted octanol–water partition coefficient (Wildman–Crippen LogP) is 2.05. The van der Waals surface area contributed by atoms with Gasteiger partial charge in [-0.2, -0.15) is 17.4 Å². The summed E-state index contributed by atoms with van der Waals surface area (Å²) >= 11 is 4.05. The van der Waals surface area contributed by atoms with Gasteiger partial charge in [0.15, 0.2) is 0 Å². The summed E-state index contributed by atoms with van der Waals surface area (Å²) in [7, 11) is -0.133. The zero-order valence-electron chi connectivity index (χ0n) is 14.4. The molecule has 6 nitrogen and oxygen atoms in total. The van der Waals surface area contributed by atoms with E-state index < -0.39 is 22.0 Å². The van der Waals surface area contributed by atoms with Crippen LogP contribution in [0.1, 0.15) is 6.92 Å². The number of rotatable bonds is 7. The summed E-state index contributed by atoms with van der Waals surface area (Å²) in [5, 5.41) is 1.40. The van der Waals surface area contributed by atoms with Crippen molar-refractivity contribution in [3.05, 3.63) is 36.4 Å². The van der Waals surface area contributed by atoms with Crippen molar-refractivity contribution in [2.24, 2.45) is 0 Å². The van der Waals surface area contributed by atoms with Crippen molar-refractivity contribution in [1.82, 2.24) is 4.72 Å². The molecule has 1 atom stereocenters. The normalized spacial score (nSPS) is 12.8. The van der Waals surface area contributed by atoms with Crippen LogP contribution in [0.25, 0.3) is 10.8 Å². The second-order valence-corrected chi connectivity index (χ2v) is 7.68. The van der Waals surface area contributed by atoms with E-state index in [2.05, 4.69) is 17.4 Å². The van der Waals surface area contributed by atoms with Gasteiger partial charge in [-0.25, -0.2) is 8.42 Å². The molecule has 0 aliphatic heterocycles. The molecule has 0 aliphatic carbocycles. The summed E-state index contributed by atoms with van der Waals surface area (Å²) < 4.78 is 33.0. The topological polar surface area (TPSA) is 75.7 Å². The lowest BCUT2D eigenvalue weighted by molar-refractivity contribution is -0.144. The van der Waals surface area contributed by atoms with Gasteiger partial charge in [0.05, 0.1) is 11.5 Å². The largest absolute Gasteiger partial charge is 0.465 e. The van der Waals surface area contributed by atoms with Crippen molar-refractivity contribution >= 4 is 45.1 Å². The molecule has 2 aromatic carbocycles. The lowest BCUT2D eigenvalue weighted by Gasteiger charge is -2.18. The number of nitrogens with zero attached hydrogens (tertiary/aromatic N) is 1. The Balaban J connectivity index is 2.49.